The fraction of sp³-hybridized carbons (Fsp3) is 0.545. The molecule has 11 heteroatoms. The number of fused-ring (bicyclic) bond motifs is 1. The summed E-state index contributed by atoms with van der Waals surface area (Å²) in [5, 5.41) is 29.0. The maximum absolute atomic E-state index is 12.1. The number of aliphatic hydroxyl groups is 2. The Morgan fingerprint density at radius 1 is 1.45 bits per heavy atom. The first kappa shape index (κ1) is 14.7. The second kappa shape index (κ2) is 5.21. The first-order chi connectivity index (χ1) is 10.5. The molecule has 0 unspecified atom stereocenters. The number of ether oxygens (including phenoxy) is 2. The van der Waals surface area contributed by atoms with Gasteiger partial charge in [-0.2, -0.15) is 9.98 Å². The minimum atomic E-state index is -1.17. The Morgan fingerprint density at radius 2 is 2.18 bits per heavy atom. The molecule has 4 N–H and O–H groups in total. The standard InChI is InChI=1S/C11H13N5O6/c1-21-6-5(18)3(2-17)22-9(6)16-8-4(13-11(16)20)7(12)14-10(19)15-8/h3,5-6,9,17-18H,2H2,1H3,(H2,12,14,19)/t3-,5-,6-,9-/m1/s1. The zero-order chi connectivity index (χ0) is 16.0. The molecule has 3 aliphatic heterocycles. The van der Waals surface area contributed by atoms with Crippen molar-refractivity contribution in [3.8, 4) is 0 Å². The number of hydrogen-bond acceptors (Lipinski definition) is 7. The fourth-order valence-electron chi connectivity index (χ4n) is 2.53. The third-order valence-corrected chi connectivity index (χ3v) is 3.55. The number of rotatable bonds is 3. The third kappa shape index (κ3) is 2.02. The van der Waals surface area contributed by atoms with Gasteiger partial charge >= 0.3 is 12.1 Å². The lowest BCUT2D eigenvalue weighted by Crippen LogP contribution is -2.53. The largest absolute Gasteiger partial charge is 0.394 e. The average molecular weight is 311 g/mol. The van der Waals surface area contributed by atoms with E-state index >= 15 is 0 Å². The number of aliphatic hydroxyl groups excluding tert-OH is 2. The molecule has 1 fully saturated rings. The summed E-state index contributed by atoms with van der Waals surface area (Å²) in [7, 11) is 1.31. The van der Waals surface area contributed by atoms with Crippen LogP contribution < -0.4 is 5.32 Å². The summed E-state index contributed by atoms with van der Waals surface area (Å²) in [6, 6.07) is -1.61. The van der Waals surface area contributed by atoms with E-state index in [9.17, 15) is 19.8 Å². The first-order valence-corrected chi connectivity index (χ1v) is 6.36. The zero-order valence-corrected chi connectivity index (χ0v) is 11.4. The summed E-state index contributed by atoms with van der Waals surface area (Å²) < 4.78 is 10.5. The Labute approximate surface area is 123 Å². The van der Waals surface area contributed by atoms with Crippen LogP contribution in [0.2, 0.25) is 0 Å². The molecule has 4 amide bonds. The van der Waals surface area contributed by atoms with Gasteiger partial charge in [0.1, 0.15) is 18.3 Å². The molecule has 118 valence electrons. The number of amidine groups is 2. The molecule has 0 aromatic heterocycles. The third-order valence-electron chi connectivity index (χ3n) is 3.55. The predicted octanol–water partition coefficient (Wildman–Crippen LogP) is -1.94. The molecule has 0 radical (unpaired) electrons. The van der Waals surface area contributed by atoms with Crippen molar-refractivity contribution in [1.29, 1.82) is 5.41 Å². The van der Waals surface area contributed by atoms with Crippen LogP contribution in [0.25, 0.3) is 0 Å². The van der Waals surface area contributed by atoms with E-state index in [1.807, 2.05) is 0 Å². The van der Waals surface area contributed by atoms with Gasteiger partial charge in [-0.1, -0.05) is 0 Å². The van der Waals surface area contributed by atoms with E-state index in [2.05, 4.69) is 15.3 Å². The smallest absolute Gasteiger partial charge is 0.352 e. The highest BCUT2D eigenvalue weighted by Crippen LogP contribution is 2.29. The molecule has 3 heterocycles. The predicted molar refractivity (Wildman–Crippen MR) is 70.9 cm³/mol. The van der Waals surface area contributed by atoms with Crippen molar-refractivity contribution in [1.82, 2.24) is 10.2 Å². The van der Waals surface area contributed by atoms with Crippen molar-refractivity contribution < 1.29 is 29.3 Å². The maximum Gasteiger partial charge on any atom is 0.352 e. The van der Waals surface area contributed by atoms with E-state index in [0.29, 0.717) is 0 Å². The highest BCUT2D eigenvalue weighted by Gasteiger charge is 2.52. The minimum Gasteiger partial charge on any atom is -0.394 e. The number of aliphatic imine (C=N–C) groups is 2. The Kier molecular flexibility index (Phi) is 3.48. The number of methoxy groups -OCH3 is 1. The number of urea groups is 2. The van der Waals surface area contributed by atoms with Gasteiger partial charge < -0.3 is 19.7 Å². The number of nitrogens with one attached hydrogen (secondary N) is 2. The number of carbonyl (C=O) groups excluding carboxylic acids is 2. The lowest BCUT2D eigenvalue weighted by atomic mass is 10.1. The quantitative estimate of drug-likeness (QED) is 0.474. The second-order valence-corrected chi connectivity index (χ2v) is 4.79. The van der Waals surface area contributed by atoms with Crippen LogP contribution in [-0.4, -0.2) is 82.8 Å². The van der Waals surface area contributed by atoms with Crippen molar-refractivity contribution in [2.24, 2.45) is 9.98 Å². The van der Waals surface area contributed by atoms with E-state index in [4.69, 9.17) is 14.9 Å². The van der Waals surface area contributed by atoms with Gasteiger partial charge in [-0.05, 0) is 0 Å². The SMILES string of the molecule is CO[C@@H]1[C@H](O)[C@@H](CO)O[C@H]1N1C(=O)N=C2C(=N)NC(=O)N=C21. The Hall–Kier alpha value is -2.21. The molecule has 0 bridgehead atoms. The van der Waals surface area contributed by atoms with Crippen molar-refractivity contribution in [2.75, 3.05) is 13.7 Å². The lowest BCUT2D eigenvalue weighted by Gasteiger charge is -2.28. The molecule has 11 nitrogen and oxygen atoms in total. The molecule has 0 aromatic carbocycles. The van der Waals surface area contributed by atoms with Gasteiger partial charge in [0.05, 0.1) is 6.61 Å². The molecule has 0 saturated carbocycles. The minimum absolute atomic E-state index is 0.0926. The van der Waals surface area contributed by atoms with Crippen LogP contribution in [0.1, 0.15) is 0 Å². The van der Waals surface area contributed by atoms with Gasteiger partial charge in [0.15, 0.2) is 23.6 Å². The van der Waals surface area contributed by atoms with Crippen molar-refractivity contribution in [2.45, 2.75) is 24.5 Å². The van der Waals surface area contributed by atoms with Crippen LogP contribution in [0, 0.1) is 5.41 Å². The Bertz CT molecular complexity index is 616. The number of nitrogens with zero attached hydrogens (tertiary/aromatic N) is 3. The molecule has 0 spiro atoms. The summed E-state index contributed by atoms with van der Waals surface area (Å²) in [6.07, 6.45) is -4.21. The van der Waals surface area contributed by atoms with Crippen LogP contribution in [0.4, 0.5) is 9.59 Å². The van der Waals surface area contributed by atoms with Gasteiger partial charge in [0, 0.05) is 7.11 Å². The molecular weight excluding hydrogens is 298 g/mol. The van der Waals surface area contributed by atoms with Crippen molar-refractivity contribution >= 4 is 29.4 Å². The fourth-order valence-corrected chi connectivity index (χ4v) is 2.53. The van der Waals surface area contributed by atoms with Crippen molar-refractivity contribution in [3.05, 3.63) is 0 Å². The van der Waals surface area contributed by atoms with Crippen LogP contribution in [0.15, 0.2) is 9.98 Å². The molecule has 0 aromatic rings. The monoisotopic (exact) mass is 311 g/mol. The van der Waals surface area contributed by atoms with Crippen molar-refractivity contribution in [3.63, 3.8) is 0 Å². The van der Waals surface area contributed by atoms with Gasteiger partial charge in [0.25, 0.3) is 0 Å². The highest BCUT2D eigenvalue weighted by atomic mass is 16.6. The van der Waals surface area contributed by atoms with Gasteiger partial charge in [-0.25, -0.2) is 14.5 Å². The molecule has 0 aliphatic carbocycles. The van der Waals surface area contributed by atoms with Gasteiger partial charge in [-0.15, -0.1) is 0 Å². The number of hydrogen-bond donors (Lipinski definition) is 4. The summed E-state index contributed by atoms with van der Waals surface area (Å²) in [6.45, 7) is -0.476. The number of carbonyl (C=O) groups is 2. The summed E-state index contributed by atoms with van der Waals surface area (Å²) in [4.78, 5) is 31.7. The first-order valence-electron chi connectivity index (χ1n) is 6.36. The highest BCUT2D eigenvalue weighted by molar-refractivity contribution is 6.73. The zero-order valence-electron chi connectivity index (χ0n) is 11.4. The topological polar surface area (TPSA) is 157 Å². The molecule has 1 saturated heterocycles. The summed E-state index contributed by atoms with van der Waals surface area (Å²) in [5.74, 6) is -0.492. The maximum atomic E-state index is 12.1. The van der Waals surface area contributed by atoms with E-state index < -0.39 is 43.2 Å². The molecule has 3 aliphatic rings. The average Bonchev–Trinajstić information content (AvgIpc) is 2.95. The molecular formula is C11H13N5O6. The van der Waals surface area contributed by atoms with Gasteiger partial charge in [0.2, 0.25) is 0 Å². The summed E-state index contributed by atoms with van der Waals surface area (Å²) in [5.41, 5.74) is -0.0926. The van der Waals surface area contributed by atoms with Crippen LogP contribution >= 0.6 is 0 Å². The summed E-state index contributed by atoms with van der Waals surface area (Å²) >= 11 is 0. The van der Waals surface area contributed by atoms with Crippen LogP contribution in [-0.2, 0) is 9.47 Å². The molecule has 4 atom stereocenters. The number of amides is 4. The van der Waals surface area contributed by atoms with E-state index in [0.717, 1.165) is 4.90 Å². The van der Waals surface area contributed by atoms with Gasteiger partial charge in [-0.3, -0.25) is 10.7 Å². The Balaban J connectivity index is 1.97. The van der Waals surface area contributed by atoms with E-state index in [-0.39, 0.29) is 17.4 Å². The molecule has 3 rings (SSSR count). The lowest BCUT2D eigenvalue weighted by molar-refractivity contribution is -0.0636. The van der Waals surface area contributed by atoms with E-state index in [1.165, 1.54) is 7.11 Å². The van der Waals surface area contributed by atoms with Crippen LogP contribution in [0.5, 0.6) is 0 Å². The molecule has 22 heavy (non-hydrogen) atoms. The van der Waals surface area contributed by atoms with Crippen LogP contribution in [0.3, 0.4) is 0 Å². The van der Waals surface area contributed by atoms with E-state index in [1.54, 1.807) is 0 Å². The Morgan fingerprint density at radius 3 is 2.82 bits per heavy atom. The normalized spacial score (nSPS) is 34.5. The second-order valence-electron chi connectivity index (χ2n) is 4.79.